The Morgan fingerprint density at radius 3 is 2.60 bits per heavy atom. The Balaban J connectivity index is 2.35. The van der Waals surface area contributed by atoms with Crippen molar-refractivity contribution < 1.29 is 9.53 Å². The molecule has 0 radical (unpaired) electrons. The maximum absolute atomic E-state index is 12.0. The number of carbonyl (C=O) groups excluding carboxylic acids is 1. The number of hydrogen-bond acceptors (Lipinski definition) is 4. The van der Waals surface area contributed by atoms with Crippen molar-refractivity contribution in [3.63, 3.8) is 0 Å². The highest BCUT2D eigenvalue weighted by atomic mass is 79.9. The van der Waals surface area contributed by atoms with Crippen LogP contribution in [0, 0.1) is 0 Å². The quantitative estimate of drug-likeness (QED) is 0.791. The molecule has 0 fully saturated rings. The van der Waals surface area contributed by atoms with Crippen molar-refractivity contribution in [3.8, 4) is 0 Å². The van der Waals surface area contributed by atoms with E-state index >= 15 is 0 Å². The van der Waals surface area contributed by atoms with Crippen LogP contribution in [0.2, 0.25) is 0 Å². The Bertz CT molecular complexity index is 605. The van der Waals surface area contributed by atoms with Crippen molar-refractivity contribution in [2.24, 2.45) is 0 Å². The number of pyridine rings is 1. The number of nitrogens with one attached hydrogen (secondary N) is 1. The first-order valence-corrected chi connectivity index (χ1v) is 7.40. The molecule has 0 aliphatic heterocycles. The number of carbonyl (C=O) groups is 1. The maximum Gasteiger partial charge on any atom is 0.334 e. The van der Waals surface area contributed by atoms with Crippen LogP contribution in [-0.4, -0.2) is 18.1 Å². The normalized spacial score (nSPS) is 11.8. The van der Waals surface area contributed by atoms with E-state index < -0.39 is 12.0 Å². The minimum atomic E-state index is -0.676. The second-order valence-corrected chi connectivity index (χ2v) is 5.76. The standard InChI is InChI=1S/C14H12Br2N2O2/c1-20-14(19)13(18-10-5-3-2-4-6-10)12-11(16)7-9(15)8-17-12/h2-8,13,18H,1H3. The first-order chi connectivity index (χ1) is 9.61. The van der Waals surface area contributed by atoms with Crippen LogP contribution in [0.15, 0.2) is 51.5 Å². The summed E-state index contributed by atoms with van der Waals surface area (Å²) in [6.07, 6.45) is 1.64. The average molecular weight is 400 g/mol. The van der Waals surface area contributed by atoms with E-state index in [4.69, 9.17) is 4.74 Å². The lowest BCUT2D eigenvalue weighted by molar-refractivity contribution is -0.141. The molecule has 1 unspecified atom stereocenters. The molecule has 1 heterocycles. The Hall–Kier alpha value is -1.40. The first-order valence-electron chi connectivity index (χ1n) is 5.82. The number of rotatable bonds is 4. The number of hydrogen-bond donors (Lipinski definition) is 1. The lowest BCUT2D eigenvalue weighted by Gasteiger charge is -2.18. The zero-order valence-electron chi connectivity index (χ0n) is 10.6. The van der Waals surface area contributed by atoms with E-state index in [9.17, 15) is 4.79 Å². The van der Waals surface area contributed by atoms with Gasteiger partial charge < -0.3 is 10.1 Å². The number of ether oxygens (including phenoxy) is 1. The van der Waals surface area contributed by atoms with Gasteiger partial charge in [0, 0.05) is 20.8 Å². The largest absolute Gasteiger partial charge is 0.467 e. The molecule has 0 saturated carbocycles. The molecule has 0 saturated heterocycles. The number of esters is 1. The molecular weight excluding hydrogens is 388 g/mol. The number of anilines is 1. The number of halogens is 2. The predicted molar refractivity (Wildman–Crippen MR) is 84.5 cm³/mol. The van der Waals surface area contributed by atoms with Crippen molar-refractivity contribution in [3.05, 3.63) is 57.2 Å². The molecule has 0 aliphatic rings. The molecule has 1 N–H and O–H groups in total. The maximum atomic E-state index is 12.0. The van der Waals surface area contributed by atoms with Gasteiger partial charge in [-0.1, -0.05) is 18.2 Å². The van der Waals surface area contributed by atoms with Crippen LogP contribution in [0.3, 0.4) is 0 Å². The molecule has 1 atom stereocenters. The summed E-state index contributed by atoms with van der Waals surface area (Å²) in [7, 11) is 1.36. The average Bonchev–Trinajstić information content (AvgIpc) is 2.46. The summed E-state index contributed by atoms with van der Waals surface area (Å²) >= 11 is 6.76. The molecule has 0 spiro atoms. The molecule has 104 valence electrons. The van der Waals surface area contributed by atoms with Crippen molar-refractivity contribution >= 4 is 43.5 Å². The fraction of sp³-hybridized carbons (Fsp3) is 0.143. The summed E-state index contributed by atoms with van der Waals surface area (Å²) in [5.41, 5.74) is 1.39. The van der Waals surface area contributed by atoms with Gasteiger partial charge >= 0.3 is 5.97 Å². The van der Waals surface area contributed by atoms with Gasteiger partial charge in [0.1, 0.15) is 0 Å². The van der Waals surface area contributed by atoms with Crippen LogP contribution in [0.1, 0.15) is 11.7 Å². The molecule has 20 heavy (non-hydrogen) atoms. The van der Waals surface area contributed by atoms with Gasteiger partial charge in [-0.15, -0.1) is 0 Å². The summed E-state index contributed by atoms with van der Waals surface area (Å²) in [4.78, 5) is 16.3. The van der Waals surface area contributed by atoms with E-state index in [1.54, 1.807) is 6.20 Å². The van der Waals surface area contributed by atoms with Gasteiger partial charge in [-0.05, 0) is 50.1 Å². The monoisotopic (exact) mass is 398 g/mol. The number of para-hydroxylation sites is 1. The van der Waals surface area contributed by atoms with Gasteiger partial charge in [-0.25, -0.2) is 4.79 Å². The molecular formula is C14H12Br2N2O2. The van der Waals surface area contributed by atoms with E-state index in [1.807, 2.05) is 36.4 Å². The lowest BCUT2D eigenvalue weighted by atomic mass is 10.1. The van der Waals surface area contributed by atoms with Crippen molar-refractivity contribution in [1.29, 1.82) is 0 Å². The molecule has 6 heteroatoms. The zero-order chi connectivity index (χ0) is 14.5. The SMILES string of the molecule is COC(=O)C(Nc1ccccc1)c1ncc(Br)cc1Br. The fourth-order valence-electron chi connectivity index (χ4n) is 1.70. The number of nitrogens with zero attached hydrogens (tertiary/aromatic N) is 1. The van der Waals surface area contributed by atoms with Crippen LogP contribution < -0.4 is 5.32 Å². The van der Waals surface area contributed by atoms with E-state index in [0.29, 0.717) is 5.69 Å². The Kier molecular flexibility index (Phi) is 5.14. The third kappa shape index (κ3) is 3.58. The predicted octanol–water partition coefficient (Wildman–Crippen LogP) is 3.93. The van der Waals surface area contributed by atoms with Crippen LogP contribution in [0.5, 0.6) is 0 Å². The molecule has 0 amide bonds. The van der Waals surface area contributed by atoms with Crippen molar-refractivity contribution in [2.75, 3.05) is 12.4 Å². The Morgan fingerprint density at radius 2 is 2.00 bits per heavy atom. The minimum Gasteiger partial charge on any atom is -0.467 e. The third-order valence-corrected chi connectivity index (χ3v) is 3.70. The highest BCUT2D eigenvalue weighted by molar-refractivity contribution is 9.11. The summed E-state index contributed by atoms with van der Waals surface area (Å²) in [5.74, 6) is -0.399. The highest BCUT2D eigenvalue weighted by Crippen LogP contribution is 2.27. The van der Waals surface area contributed by atoms with E-state index in [-0.39, 0.29) is 0 Å². The summed E-state index contributed by atoms with van der Waals surface area (Å²) in [6.45, 7) is 0. The second-order valence-electron chi connectivity index (χ2n) is 3.99. The van der Waals surface area contributed by atoms with E-state index in [2.05, 4.69) is 42.2 Å². The topological polar surface area (TPSA) is 51.2 Å². The van der Waals surface area contributed by atoms with Crippen molar-refractivity contribution in [1.82, 2.24) is 4.98 Å². The summed E-state index contributed by atoms with van der Waals surface area (Å²) < 4.78 is 6.41. The molecule has 0 bridgehead atoms. The van der Waals surface area contributed by atoms with Gasteiger partial charge in [0.05, 0.1) is 12.8 Å². The number of methoxy groups -OCH3 is 1. The van der Waals surface area contributed by atoms with Gasteiger partial charge in [0.15, 0.2) is 6.04 Å². The molecule has 4 nitrogen and oxygen atoms in total. The van der Waals surface area contributed by atoms with E-state index in [0.717, 1.165) is 14.6 Å². The van der Waals surface area contributed by atoms with Crippen molar-refractivity contribution in [2.45, 2.75) is 6.04 Å². The number of benzene rings is 1. The molecule has 2 aromatic rings. The molecule has 0 aliphatic carbocycles. The summed E-state index contributed by atoms with van der Waals surface area (Å²) in [6, 6.07) is 10.6. The zero-order valence-corrected chi connectivity index (χ0v) is 13.8. The second kappa shape index (κ2) is 6.85. The molecule has 2 rings (SSSR count). The first kappa shape index (κ1) is 15.0. The van der Waals surface area contributed by atoms with Crippen LogP contribution in [-0.2, 0) is 9.53 Å². The van der Waals surface area contributed by atoms with Crippen LogP contribution in [0.4, 0.5) is 5.69 Å². The smallest absolute Gasteiger partial charge is 0.334 e. The van der Waals surface area contributed by atoms with Crippen LogP contribution in [0.25, 0.3) is 0 Å². The Labute approximate surface area is 133 Å². The highest BCUT2D eigenvalue weighted by Gasteiger charge is 2.25. The van der Waals surface area contributed by atoms with Gasteiger partial charge in [0.2, 0.25) is 0 Å². The van der Waals surface area contributed by atoms with Crippen LogP contribution >= 0.6 is 31.9 Å². The fourth-order valence-corrected chi connectivity index (χ4v) is 2.91. The van der Waals surface area contributed by atoms with Gasteiger partial charge in [-0.2, -0.15) is 0 Å². The van der Waals surface area contributed by atoms with Gasteiger partial charge in [0.25, 0.3) is 0 Å². The lowest BCUT2D eigenvalue weighted by Crippen LogP contribution is -2.23. The summed E-state index contributed by atoms with van der Waals surface area (Å²) in [5, 5.41) is 3.12. The number of aromatic nitrogens is 1. The van der Waals surface area contributed by atoms with Gasteiger partial charge in [-0.3, -0.25) is 4.98 Å². The molecule has 1 aromatic heterocycles. The third-order valence-electron chi connectivity index (χ3n) is 2.63. The minimum absolute atomic E-state index is 0.399. The van der Waals surface area contributed by atoms with E-state index in [1.165, 1.54) is 7.11 Å². The Morgan fingerprint density at radius 1 is 1.30 bits per heavy atom. The molecule has 1 aromatic carbocycles.